The molecule has 0 radical (unpaired) electrons. The summed E-state index contributed by atoms with van der Waals surface area (Å²) in [7, 11) is 0. The predicted octanol–water partition coefficient (Wildman–Crippen LogP) is 2.49. The Hall–Kier alpha value is -1.39. The fourth-order valence-electron chi connectivity index (χ4n) is 2.67. The monoisotopic (exact) mass is 277 g/mol. The first-order valence-corrected chi connectivity index (χ1v) is 7.27. The molecule has 0 aliphatic carbocycles. The fourth-order valence-corrected chi connectivity index (χ4v) is 2.67. The molecule has 1 N–H and O–H groups in total. The SMILES string of the molecule is CCC(C)N(CC(=O)O)CC1OCCc2ccccc21. The van der Waals surface area contributed by atoms with Crippen LogP contribution in [0.2, 0.25) is 0 Å². The van der Waals surface area contributed by atoms with Crippen LogP contribution in [0.25, 0.3) is 0 Å². The highest BCUT2D eigenvalue weighted by molar-refractivity contribution is 5.69. The summed E-state index contributed by atoms with van der Waals surface area (Å²) in [4.78, 5) is 13.0. The van der Waals surface area contributed by atoms with Crippen LogP contribution in [-0.2, 0) is 16.0 Å². The van der Waals surface area contributed by atoms with E-state index in [4.69, 9.17) is 9.84 Å². The Morgan fingerprint density at radius 1 is 1.50 bits per heavy atom. The van der Waals surface area contributed by atoms with Gasteiger partial charge in [-0.05, 0) is 30.9 Å². The standard InChI is InChI=1S/C16H23NO3/c1-3-12(2)17(11-16(18)19)10-15-14-7-5-4-6-13(14)8-9-20-15/h4-7,12,15H,3,8-11H2,1-2H3,(H,18,19). The summed E-state index contributed by atoms with van der Waals surface area (Å²) in [6, 6.07) is 8.53. The van der Waals surface area contributed by atoms with Gasteiger partial charge in [0.2, 0.25) is 0 Å². The topological polar surface area (TPSA) is 49.8 Å². The van der Waals surface area contributed by atoms with Gasteiger partial charge >= 0.3 is 5.97 Å². The molecular formula is C16H23NO3. The molecule has 1 aliphatic rings. The van der Waals surface area contributed by atoms with Crippen molar-refractivity contribution in [1.82, 2.24) is 4.90 Å². The number of hydrogen-bond donors (Lipinski definition) is 1. The molecule has 0 fully saturated rings. The van der Waals surface area contributed by atoms with E-state index in [1.165, 1.54) is 11.1 Å². The summed E-state index contributed by atoms with van der Waals surface area (Å²) >= 11 is 0. The zero-order chi connectivity index (χ0) is 14.5. The lowest BCUT2D eigenvalue weighted by atomic mass is 9.97. The molecule has 0 amide bonds. The highest BCUT2D eigenvalue weighted by Gasteiger charge is 2.25. The van der Waals surface area contributed by atoms with Crippen molar-refractivity contribution in [2.75, 3.05) is 19.7 Å². The van der Waals surface area contributed by atoms with Crippen LogP contribution in [0, 0.1) is 0 Å². The van der Waals surface area contributed by atoms with Crippen molar-refractivity contribution in [3.8, 4) is 0 Å². The van der Waals surface area contributed by atoms with E-state index in [1.807, 2.05) is 17.0 Å². The number of carboxylic acid groups (broad SMARTS) is 1. The summed E-state index contributed by atoms with van der Waals surface area (Å²) in [5, 5.41) is 9.07. The van der Waals surface area contributed by atoms with Crippen LogP contribution in [0.5, 0.6) is 0 Å². The third kappa shape index (κ3) is 3.58. The third-order valence-electron chi connectivity index (χ3n) is 4.05. The van der Waals surface area contributed by atoms with Gasteiger partial charge in [0.25, 0.3) is 0 Å². The normalized spacial score (nSPS) is 19.6. The van der Waals surface area contributed by atoms with Gasteiger partial charge in [-0.2, -0.15) is 0 Å². The van der Waals surface area contributed by atoms with Crippen LogP contribution >= 0.6 is 0 Å². The van der Waals surface area contributed by atoms with E-state index in [-0.39, 0.29) is 18.7 Å². The van der Waals surface area contributed by atoms with E-state index in [0.29, 0.717) is 13.2 Å². The van der Waals surface area contributed by atoms with Crippen molar-refractivity contribution in [3.63, 3.8) is 0 Å². The quantitative estimate of drug-likeness (QED) is 0.868. The molecule has 1 heterocycles. The third-order valence-corrected chi connectivity index (χ3v) is 4.05. The summed E-state index contributed by atoms with van der Waals surface area (Å²) < 4.78 is 5.88. The van der Waals surface area contributed by atoms with Crippen LogP contribution in [0.4, 0.5) is 0 Å². The molecule has 0 spiro atoms. The lowest BCUT2D eigenvalue weighted by Crippen LogP contribution is -2.41. The number of nitrogens with zero attached hydrogens (tertiary/aromatic N) is 1. The van der Waals surface area contributed by atoms with Gasteiger partial charge < -0.3 is 9.84 Å². The van der Waals surface area contributed by atoms with Crippen LogP contribution in [0.15, 0.2) is 24.3 Å². The van der Waals surface area contributed by atoms with Crippen molar-refractivity contribution in [1.29, 1.82) is 0 Å². The first kappa shape index (κ1) is 15.0. The van der Waals surface area contributed by atoms with E-state index in [0.717, 1.165) is 12.8 Å². The zero-order valence-corrected chi connectivity index (χ0v) is 12.2. The Labute approximate surface area is 120 Å². The van der Waals surface area contributed by atoms with Crippen molar-refractivity contribution in [2.24, 2.45) is 0 Å². The van der Waals surface area contributed by atoms with Crippen LogP contribution in [-0.4, -0.2) is 41.7 Å². The van der Waals surface area contributed by atoms with E-state index in [2.05, 4.69) is 26.0 Å². The maximum Gasteiger partial charge on any atom is 0.317 e. The Bertz CT molecular complexity index is 461. The summed E-state index contributed by atoms with van der Waals surface area (Å²) in [6.45, 7) is 5.56. The maximum absolute atomic E-state index is 11.0. The molecule has 0 saturated carbocycles. The van der Waals surface area contributed by atoms with Crippen molar-refractivity contribution >= 4 is 5.97 Å². The van der Waals surface area contributed by atoms with Gasteiger partial charge in [0, 0.05) is 12.6 Å². The van der Waals surface area contributed by atoms with E-state index in [9.17, 15) is 4.79 Å². The second-order valence-corrected chi connectivity index (χ2v) is 5.39. The van der Waals surface area contributed by atoms with Gasteiger partial charge in [-0.25, -0.2) is 0 Å². The molecule has 1 aromatic carbocycles. The molecule has 1 aliphatic heterocycles. The Kier molecular flexibility index (Phi) is 5.15. The molecular weight excluding hydrogens is 254 g/mol. The van der Waals surface area contributed by atoms with Gasteiger partial charge in [-0.3, -0.25) is 9.69 Å². The molecule has 0 aromatic heterocycles. The highest BCUT2D eigenvalue weighted by Crippen LogP contribution is 2.28. The van der Waals surface area contributed by atoms with Gasteiger partial charge in [-0.15, -0.1) is 0 Å². The molecule has 2 rings (SSSR count). The largest absolute Gasteiger partial charge is 0.480 e. The number of ether oxygens (including phenoxy) is 1. The molecule has 2 unspecified atom stereocenters. The van der Waals surface area contributed by atoms with Gasteiger partial charge in [0.05, 0.1) is 19.3 Å². The lowest BCUT2D eigenvalue weighted by molar-refractivity contribution is -0.139. The molecule has 1 aromatic rings. The second-order valence-electron chi connectivity index (χ2n) is 5.39. The molecule has 20 heavy (non-hydrogen) atoms. The van der Waals surface area contributed by atoms with Crippen molar-refractivity contribution in [3.05, 3.63) is 35.4 Å². The van der Waals surface area contributed by atoms with Gasteiger partial charge in [0.1, 0.15) is 0 Å². The summed E-state index contributed by atoms with van der Waals surface area (Å²) in [5.74, 6) is -0.783. The lowest BCUT2D eigenvalue weighted by Gasteiger charge is -2.33. The van der Waals surface area contributed by atoms with Crippen LogP contribution in [0.3, 0.4) is 0 Å². The van der Waals surface area contributed by atoms with E-state index >= 15 is 0 Å². The number of carbonyl (C=O) groups is 1. The predicted molar refractivity (Wildman–Crippen MR) is 77.8 cm³/mol. The minimum absolute atomic E-state index is 0.0201. The smallest absolute Gasteiger partial charge is 0.317 e. The Morgan fingerprint density at radius 3 is 2.95 bits per heavy atom. The number of rotatable bonds is 6. The van der Waals surface area contributed by atoms with Crippen LogP contribution < -0.4 is 0 Å². The molecule has 0 saturated heterocycles. The van der Waals surface area contributed by atoms with Gasteiger partial charge in [0.15, 0.2) is 0 Å². The van der Waals surface area contributed by atoms with E-state index < -0.39 is 5.97 Å². The second kappa shape index (κ2) is 6.86. The maximum atomic E-state index is 11.0. The number of benzene rings is 1. The minimum atomic E-state index is -0.783. The van der Waals surface area contributed by atoms with Gasteiger partial charge in [-0.1, -0.05) is 31.2 Å². The average Bonchev–Trinajstić information content (AvgIpc) is 2.45. The summed E-state index contributed by atoms with van der Waals surface area (Å²) in [6.07, 6.45) is 1.85. The molecule has 4 heteroatoms. The first-order valence-electron chi connectivity index (χ1n) is 7.27. The molecule has 4 nitrogen and oxygen atoms in total. The first-order chi connectivity index (χ1) is 9.61. The Balaban J connectivity index is 2.13. The van der Waals surface area contributed by atoms with Crippen LogP contribution in [0.1, 0.15) is 37.5 Å². The number of hydrogen-bond acceptors (Lipinski definition) is 3. The Morgan fingerprint density at radius 2 is 2.25 bits per heavy atom. The fraction of sp³-hybridized carbons (Fsp3) is 0.562. The van der Waals surface area contributed by atoms with Crippen molar-refractivity contribution in [2.45, 2.75) is 38.8 Å². The zero-order valence-electron chi connectivity index (χ0n) is 12.2. The highest BCUT2D eigenvalue weighted by atomic mass is 16.5. The minimum Gasteiger partial charge on any atom is -0.480 e. The summed E-state index contributed by atoms with van der Waals surface area (Å²) in [5.41, 5.74) is 2.53. The number of carboxylic acids is 1. The molecule has 2 atom stereocenters. The van der Waals surface area contributed by atoms with E-state index in [1.54, 1.807) is 0 Å². The number of aliphatic carboxylic acids is 1. The molecule has 110 valence electrons. The number of fused-ring (bicyclic) bond motifs is 1. The van der Waals surface area contributed by atoms with Crippen molar-refractivity contribution < 1.29 is 14.6 Å². The average molecular weight is 277 g/mol. The molecule has 0 bridgehead atoms.